The lowest BCUT2D eigenvalue weighted by Gasteiger charge is -2.14. The molecule has 0 radical (unpaired) electrons. The van der Waals surface area contributed by atoms with Crippen LogP contribution in [0.4, 0.5) is 5.69 Å². The quantitative estimate of drug-likeness (QED) is 0.884. The molecule has 2 rings (SSSR count). The third kappa shape index (κ3) is 4.20. The molecule has 2 N–H and O–H groups in total. The van der Waals surface area contributed by atoms with Crippen LogP contribution in [0.3, 0.4) is 0 Å². The van der Waals surface area contributed by atoms with Crippen molar-refractivity contribution in [2.24, 2.45) is 5.73 Å². The Labute approximate surface area is 126 Å². The number of aryl methyl sites for hydroxylation is 1. The van der Waals surface area contributed by atoms with Crippen molar-refractivity contribution in [3.8, 4) is 11.6 Å². The molecule has 112 valence electrons. The summed E-state index contributed by atoms with van der Waals surface area (Å²) in [4.78, 5) is 6.59. The van der Waals surface area contributed by atoms with Crippen molar-refractivity contribution in [3.63, 3.8) is 0 Å². The fourth-order valence-corrected chi connectivity index (χ4v) is 2.12. The minimum Gasteiger partial charge on any atom is -0.439 e. The van der Waals surface area contributed by atoms with E-state index in [1.165, 1.54) is 0 Å². The Morgan fingerprint density at radius 1 is 1.19 bits per heavy atom. The monoisotopic (exact) mass is 285 g/mol. The maximum Gasteiger partial charge on any atom is 0.219 e. The van der Waals surface area contributed by atoms with Crippen LogP contribution >= 0.6 is 0 Å². The summed E-state index contributed by atoms with van der Waals surface area (Å²) < 4.78 is 5.91. The molecule has 0 amide bonds. The average molecular weight is 285 g/mol. The van der Waals surface area contributed by atoms with E-state index in [1.54, 1.807) is 0 Å². The maximum absolute atomic E-state index is 5.91. The molecule has 0 aliphatic rings. The van der Waals surface area contributed by atoms with E-state index in [2.05, 4.69) is 11.9 Å². The van der Waals surface area contributed by atoms with E-state index >= 15 is 0 Å². The fourth-order valence-electron chi connectivity index (χ4n) is 2.12. The molecule has 0 aliphatic carbocycles. The molecule has 0 saturated heterocycles. The predicted molar refractivity (Wildman–Crippen MR) is 87.0 cm³/mol. The molecular formula is C17H23N3O. The number of aromatic nitrogens is 1. The van der Waals surface area contributed by atoms with Crippen molar-refractivity contribution in [1.82, 2.24) is 4.98 Å². The van der Waals surface area contributed by atoms with Gasteiger partial charge in [-0.25, -0.2) is 4.98 Å². The smallest absolute Gasteiger partial charge is 0.219 e. The van der Waals surface area contributed by atoms with E-state index in [0.29, 0.717) is 12.4 Å². The summed E-state index contributed by atoms with van der Waals surface area (Å²) in [5.41, 5.74) is 8.92. The van der Waals surface area contributed by atoms with Crippen molar-refractivity contribution in [2.45, 2.75) is 26.3 Å². The number of pyridine rings is 1. The zero-order valence-corrected chi connectivity index (χ0v) is 13.0. The summed E-state index contributed by atoms with van der Waals surface area (Å²) in [6, 6.07) is 11.9. The molecule has 1 aromatic carbocycles. The first-order valence-electron chi connectivity index (χ1n) is 7.27. The van der Waals surface area contributed by atoms with Crippen molar-refractivity contribution in [2.75, 3.05) is 19.0 Å². The summed E-state index contributed by atoms with van der Waals surface area (Å²) in [5, 5.41) is 0. The minimum atomic E-state index is 0.493. The molecule has 4 heteroatoms. The molecule has 0 bridgehead atoms. The molecule has 0 spiro atoms. The van der Waals surface area contributed by atoms with Gasteiger partial charge < -0.3 is 15.4 Å². The van der Waals surface area contributed by atoms with E-state index < -0.39 is 0 Å². The SMILES string of the molecule is CCCc1cc(CN)cc(Oc2cccc(N(C)C)c2)n1. The number of benzene rings is 1. The van der Waals surface area contributed by atoms with Gasteiger partial charge in [-0.3, -0.25) is 0 Å². The predicted octanol–water partition coefficient (Wildman–Crippen LogP) is 3.35. The summed E-state index contributed by atoms with van der Waals surface area (Å²) >= 11 is 0. The number of hydrogen-bond acceptors (Lipinski definition) is 4. The third-order valence-electron chi connectivity index (χ3n) is 3.21. The van der Waals surface area contributed by atoms with Crippen LogP contribution in [0.15, 0.2) is 36.4 Å². The van der Waals surface area contributed by atoms with Gasteiger partial charge in [0.15, 0.2) is 0 Å². The molecule has 1 aromatic heterocycles. The molecule has 21 heavy (non-hydrogen) atoms. The van der Waals surface area contributed by atoms with Gasteiger partial charge >= 0.3 is 0 Å². The molecule has 0 fully saturated rings. The second kappa shape index (κ2) is 7.09. The minimum absolute atomic E-state index is 0.493. The number of nitrogens with two attached hydrogens (primary N) is 1. The van der Waals surface area contributed by atoms with Gasteiger partial charge in [0.1, 0.15) is 5.75 Å². The summed E-state index contributed by atoms with van der Waals surface area (Å²) in [6.45, 7) is 2.63. The van der Waals surface area contributed by atoms with Gasteiger partial charge in [0.2, 0.25) is 5.88 Å². The van der Waals surface area contributed by atoms with Crippen LogP contribution in [0.1, 0.15) is 24.6 Å². The van der Waals surface area contributed by atoms with E-state index in [0.717, 1.165) is 35.5 Å². The first-order valence-corrected chi connectivity index (χ1v) is 7.27. The standard InChI is InChI=1S/C17H23N3O/c1-4-6-14-9-13(12-18)10-17(19-14)21-16-8-5-7-15(11-16)20(2)3/h5,7-11H,4,6,12,18H2,1-3H3. The van der Waals surface area contributed by atoms with Crippen LogP contribution in [-0.4, -0.2) is 19.1 Å². The van der Waals surface area contributed by atoms with Gasteiger partial charge in [0, 0.05) is 44.2 Å². The van der Waals surface area contributed by atoms with Gasteiger partial charge in [0.25, 0.3) is 0 Å². The summed E-state index contributed by atoms with van der Waals surface area (Å²) in [5.74, 6) is 1.39. The molecular weight excluding hydrogens is 262 g/mol. The second-order valence-corrected chi connectivity index (χ2v) is 5.25. The maximum atomic E-state index is 5.91. The Morgan fingerprint density at radius 3 is 2.67 bits per heavy atom. The van der Waals surface area contributed by atoms with Crippen molar-refractivity contribution in [1.29, 1.82) is 0 Å². The van der Waals surface area contributed by atoms with Gasteiger partial charge in [-0.1, -0.05) is 19.4 Å². The van der Waals surface area contributed by atoms with Crippen LogP contribution in [-0.2, 0) is 13.0 Å². The first kappa shape index (κ1) is 15.3. The number of ether oxygens (including phenoxy) is 1. The molecule has 0 aliphatic heterocycles. The van der Waals surface area contributed by atoms with Crippen LogP contribution in [0.5, 0.6) is 11.6 Å². The summed E-state index contributed by atoms with van der Waals surface area (Å²) in [6.07, 6.45) is 1.98. The number of rotatable bonds is 6. The zero-order chi connectivity index (χ0) is 15.2. The Hall–Kier alpha value is -2.07. The highest BCUT2D eigenvalue weighted by molar-refractivity contribution is 5.50. The lowest BCUT2D eigenvalue weighted by atomic mass is 10.1. The van der Waals surface area contributed by atoms with E-state index in [4.69, 9.17) is 10.5 Å². The van der Waals surface area contributed by atoms with Gasteiger partial charge in [-0.05, 0) is 30.2 Å². The van der Waals surface area contributed by atoms with E-state index in [1.807, 2.05) is 55.4 Å². The Bertz CT molecular complexity index is 596. The number of nitrogens with zero attached hydrogens (tertiary/aromatic N) is 2. The highest BCUT2D eigenvalue weighted by atomic mass is 16.5. The van der Waals surface area contributed by atoms with Gasteiger partial charge in [-0.2, -0.15) is 0 Å². The molecule has 0 unspecified atom stereocenters. The highest BCUT2D eigenvalue weighted by Crippen LogP contribution is 2.25. The molecule has 0 atom stereocenters. The average Bonchev–Trinajstić information content (AvgIpc) is 2.47. The topological polar surface area (TPSA) is 51.4 Å². The molecule has 0 saturated carbocycles. The zero-order valence-electron chi connectivity index (χ0n) is 13.0. The largest absolute Gasteiger partial charge is 0.439 e. The first-order chi connectivity index (χ1) is 10.1. The normalized spacial score (nSPS) is 10.5. The van der Waals surface area contributed by atoms with E-state index in [-0.39, 0.29) is 0 Å². The Morgan fingerprint density at radius 2 is 2.00 bits per heavy atom. The highest BCUT2D eigenvalue weighted by Gasteiger charge is 2.05. The van der Waals surface area contributed by atoms with Crippen LogP contribution < -0.4 is 15.4 Å². The third-order valence-corrected chi connectivity index (χ3v) is 3.21. The molecule has 4 nitrogen and oxygen atoms in total. The van der Waals surface area contributed by atoms with Crippen molar-refractivity contribution in [3.05, 3.63) is 47.7 Å². The number of hydrogen-bond donors (Lipinski definition) is 1. The van der Waals surface area contributed by atoms with Crippen LogP contribution in [0, 0.1) is 0 Å². The van der Waals surface area contributed by atoms with E-state index in [9.17, 15) is 0 Å². The van der Waals surface area contributed by atoms with Crippen LogP contribution in [0.2, 0.25) is 0 Å². The fraction of sp³-hybridized carbons (Fsp3) is 0.353. The van der Waals surface area contributed by atoms with Crippen molar-refractivity contribution >= 4 is 5.69 Å². The number of anilines is 1. The Balaban J connectivity index is 2.25. The molecule has 2 aromatic rings. The molecule has 1 heterocycles. The second-order valence-electron chi connectivity index (χ2n) is 5.25. The van der Waals surface area contributed by atoms with Gasteiger partial charge in [-0.15, -0.1) is 0 Å². The Kier molecular flexibility index (Phi) is 5.17. The van der Waals surface area contributed by atoms with Crippen molar-refractivity contribution < 1.29 is 4.74 Å². The van der Waals surface area contributed by atoms with Gasteiger partial charge in [0.05, 0.1) is 0 Å². The lowest BCUT2D eigenvalue weighted by Crippen LogP contribution is -2.08. The summed E-state index contributed by atoms with van der Waals surface area (Å²) in [7, 11) is 4.01. The van der Waals surface area contributed by atoms with Crippen LogP contribution in [0.25, 0.3) is 0 Å². The lowest BCUT2D eigenvalue weighted by molar-refractivity contribution is 0.459.